The normalized spacial score (nSPS) is 17.4. The molecular weight excluding hydrogens is 262 g/mol. The van der Waals surface area contributed by atoms with Gasteiger partial charge in [-0.25, -0.2) is 4.39 Å². The van der Waals surface area contributed by atoms with E-state index in [1.54, 1.807) is 12.1 Å². The molecule has 2 rings (SSSR count). The summed E-state index contributed by atoms with van der Waals surface area (Å²) in [4.78, 5) is 2.38. The molecule has 1 fully saturated rings. The van der Waals surface area contributed by atoms with E-state index in [0.29, 0.717) is 0 Å². The minimum atomic E-state index is -0.528. The minimum Gasteiger partial charge on any atom is -0.314 e. The van der Waals surface area contributed by atoms with Crippen molar-refractivity contribution in [1.29, 1.82) is 0 Å². The first-order valence-electron chi connectivity index (χ1n) is 5.73. The van der Waals surface area contributed by atoms with Gasteiger partial charge in [-0.15, -0.1) is 0 Å². The monoisotopic (exact) mass is 276 g/mol. The number of piperazine rings is 1. The van der Waals surface area contributed by atoms with Gasteiger partial charge in [-0.05, 0) is 24.1 Å². The van der Waals surface area contributed by atoms with Crippen LogP contribution < -0.4 is 5.32 Å². The molecule has 0 bridgehead atoms. The average molecular weight is 277 g/mol. The van der Waals surface area contributed by atoms with Crippen LogP contribution in [0.4, 0.5) is 4.39 Å². The quantitative estimate of drug-likeness (QED) is 0.854. The van der Waals surface area contributed by atoms with Crippen molar-refractivity contribution >= 4 is 23.2 Å². The van der Waals surface area contributed by atoms with Crippen molar-refractivity contribution in [2.45, 2.75) is 6.42 Å². The topological polar surface area (TPSA) is 15.3 Å². The molecule has 1 N–H and O–H groups in total. The molecule has 5 heteroatoms. The summed E-state index contributed by atoms with van der Waals surface area (Å²) >= 11 is 11.5. The number of benzene rings is 1. The Labute approximate surface area is 111 Å². The Morgan fingerprint density at radius 1 is 1.18 bits per heavy atom. The van der Waals surface area contributed by atoms with Crippen LogP contribution in [0.25, 0.3) is 0 Å². The third kappa shape index (κ3) is 3.55. The van der Waals surface area contributed by atoms with Crippen LogP contribution >= 0.6 is 23.2 Å². The van der Waals surface area contributed by atoms with E-state index in [9.17, 15) is 4.39 Å². The van der Waals surface area contributed by atoms with Gasteiger partial charge >= 0.3 is 0 Å². The van der Waals surface area contributed by atoms with Crippen molar-refractivity contribution in [3.05, 3.63) is 33.6 Å². The Kier molecular flexibility index (Phi) is 4.62. The maximum Gasteiger partial charge on any atom is 0.160 e. The molecule has 94 valence electrons. The third-order valence-corrected chi connectivity index (χ3v) is 3.52. The fourth-order valence-electron chi connectivity index (χ4n) is 1.97. The van der Waals surface area contributed by atoms with Gasteiger partial charge in [-0.1, -0.05) is 23.2 Å². The highest BCUT2D eigenvalue weighted by atomic mass is 35.5. The second kappa shape index (κ2) is 6.01. The number of halogens is 3. The highest BCUT2D eigenvalue weighted by Gasteiger charge is 2.11. The highest BCUT2D eigenvalue weighted by molar-refractivity contribution is 6.34. The van der Waals surface area contributed by atoms with Crippen LogP contribution in [0.15, 0.2) is 12.1 Å². The van der Waals surface area contributed by atoms with E-state index in [1.165, 1.54) is 0 Å². The predicted molar refractivity (Wildman–Crippen MR) is 69.4 cm³/mol. The van der Waals surface area contributed by atoms with Crippen molar-refractivity contribution in [2.24, 2.45) is 0 Å². The van der Waals surface area contributed by atoms with Crippen LogP contribution in [0, 0.1) is 5.82 Å². The van der Waals surface area contributed by atoms with Crippen LogP contribution in [0.2, 0.25) is 10.0 Å². The molecule has 1 aliphatic heterocycles. The van der Waals surface area contributed by atoms with E-state index in [4.69, 9.17) is 23.2 Å². The number of nitrogens with one attached hydrogen (secondary N) is 1. The van der Waals surface area contributed by atoms with Crippen LogP contribution in [-0.2, 0) is 6.42 Å². The second-order valence-corrected chi connectivity index (χ2v) is 5.03. The molecule has 0 unspecified atom stereocenters. The Balaban J connectivity index is 1.94. The van der Waals surface area contributed by atoms with Crippen molar-refractivity contribution in [3.8, 4) is 0 Å². The van der Waals surface area contributed by atoms with Gasteiger partial charge in [0.15, 0.2) is 5.82 Å². The third-order valence-electron chi connectivity index (χ3n) is 2.97. The van der Waals surface area contributed by atoms with Gasteiger partial charge in [0, 0.05) is 32.7 Å². The van der Waals surface area contributed by atoms with E-state index in [1.807, 2.05) is 0 Å². The summed E-state index contributed by atoms with van der Waals surface area (Å²) < 4.78 is 13.2. The fraction of sp³-hybridized carbons (Fsp3) is 0.500. The van der Waals surface area contributed by atoms with Gasteiger partial charge < -0.3 is 10.2 Å². The largest absolute Gasteiger partial charge is 0.314 e. The molecule has 17 heavy (non-hydrogen) atoms. The summed E-state index contributed by atoms with van der Waals surface area (Å²) in [6.45, 7) is 5.14. The van der Waals surface area contributed by atoms with Crippen molar-refractivity contribution in [2.75, 3.05) is 32.7 Å². The summed E-state index contributed by atoms with van der Waals surface area (Å²) in [5.74, 6) is -0.528. The molecule has 1 heterocycles. The Morgan fingerprint density at radius 3 is 2.35 bits per heavy atom. The molecule has 0 aromatic heterocycles. The molecule has 1 aromatic rings. The zero-order valence-corrected chi connectivity index (χ0v) is 11.0. The van der Waals surface area contributed by atoms with Crippen LogP contribution in [0.1, 0.15) is 5.56 Å². The van der Waals surface area contributed by atoms with Gasteiger partial charge in [-0.3, -0.25) is 0 Å². The first kappa shape index (κ1) is 13.1. The van der Waals surface area contributed by atoms with E-state index < -0.39 is 5.82 Å². The lowest BCUT2D eigenvalue weighted by molar-refractivity contribution is 0.244. The Morgan fingerprint density at radius 2 is 1.76 bits per heavy atom. The summed E-state index contributed by atoms with van der Waals surface area (Å²) in [5.41, 5.74) is 0.986. The number of hydrogen-bond donors (Lipinski definition) is 1. The summed E-state index contributed by atoms with van der Waals surface area (Å²) in [7, 11) is 0. The second-order valence-electron chi connectivity index (χ2n) is 4.22. The zero-order valence-electron chi connectivity index (χ0n) is 9.48. The fourth-order valence-corrected chi connectivity index (χ4v) is 2.51. The van der Waals surface area contributed by atoms with Crippen molar-refractivity contribution in [3.63, 3.8) is 0 Å². The lowest BCUT2D eigenvalue weighted by atomic mass is 10.1. The number of nitrogens with zero attached hydrogens (tertiary/aromatic N) is 1. The molecule has 0 aliphatic carbocycles. The van der Waals surface area contributed by atoms with E-state index in [0.717, 1.165) is 44.7 Å². The van der Waals surface area contributed by atoms with Crippen LogP contribution in [0.3, 0.4) is 0 Å². The van der Waals surface area contributed by atoms with Gasteiger partial charge in [0.05, 0.1) is 10.0 Å². The number of hydrogen-bond acceptors (Lipinski definition) is 2. The average Bonchev–Trinajstić information content (AvgIpc) is 2.34. The smallest absolute Gasteiger partial charge is 0.160 e. The maximum atomic E-state index is 13.2. The molecule has 0 amide bonds. The van der Waals surface area contributed by atoms with Crippen molar-refractivity contribution in [1.82, 2.24) is 10.2 Å². The van der Waals surface area contributed by atoms with Crippen molar-refractivity contribution < 1.29 is 4.39 Å². The zero-order chi connectivity index (χ0) is 12.3. The van der Waals surface area contributed by atoms with E-state index in [-0.39, 0.29) is 10.0 Å². The van der Waals surface area contributed by atoms with Gasteiger partial charge in [0.25, 0.3) is 0 Å². The first-order valence-corrected chi connectivity index (χ1v) is 6.49. The predicted octanol–water partition coefficient (Wildman–Crippen LogP) is 2.58. The molecule has 2 nitrogen and oxygen atoms in total. The standard InChI is InChI=1S/C12H15Cl2FN2/c13-10-7-9(8-11(14)12(10)15)1-4-17-5-2-16-3-6-17/h7-8,16H,1-6H2. The Hall–Kier alpha value is -0.350. The molecule has 0 atom stereocenters. The summed E-state index contributed by atoms with van der Waals surface area (Å²) in [6.07, 6.45) is 0.847. The van der Waals surface area contributed by atoms with Gasteiger partial charge in [0.1, 0.15) is 0 Å². The molecule has 1 saturated heterocycles. The lowest BCUT2D eigenvalue weighted by Gasteiger charge is -2.27. The molecular formula is C12H15Cl2FN2. The molecule has 0 saturated carbocycles. The lowest BCUT2D eigenvalue weighted by Crippen LogP contribution is -2.44. The number of rotatable bonds is 3. The maximum absolute atomic E-state index is 13.2. The van der Waals surface area contributed by atoms with Crippen LogP contribution in [0.5, 0.6) is 0 Å². The molecule has 0 radical (unpaired) electrons. The van der Waals surface area contributed by atoms with Crippen LogP contribution in [-0.4, -0.2) is 37.6 Å². The van der Waals surface area contributed by atoms with Gasteiger partial charge in [-0.2, -0.15) is 0 Å². The summed E-state index contributed by atoms with van der Waals surface area (Å²) in [5, 5.41) is 3.51. The molecule has 0 spiro atoms. The minimum absolute atomic E-state index is 0.104. The first-order chi connectivity index (χ1) is 8.16. The molecule has 1 aliphatic rings. The van der Waals surface area contributed by atoms with Gasteiger partial charge in [0.2, 0.25) is 0 Å². The van der Waals surface area contributed by atoms with E-state index in [2.05, 4.69) is 10.2 Å². The Bertz CT molecular complexity index is 369. The SMILES string of the molecule is Fc1c(Cl)cc(CCN2CCNCC2)cc1Cl. The highest BCUT2D eigenvalue weighted by Crippen LogP contribution is 2.24. The molecule has 1 aromatic carbocycles. The van der Waals surface area contributed by atoms with E-state index >= 15 is 0 Å². The summed E-state index contributed by atoms with van der Waals surface area (Å²) in [6, 6.07) is 3.32.